The Morgan fingerprint density at radius 2 is 2.00 bits per heavy atom. The van der Waals surface area contributed by atoms with Gasteiger partial charge in [-0.2, -0.15) is 0 Å². The summed E-state index contributed by atoms with van der Waals surface area (Å²) in [6.07, 6.45) is -3.01. The van der Waals surface area contributed by atoms with Crippen molar-refractivity contribution in [2.45, 2.75) is 12.2 Å². The summed E-state index contributed by atoms with van der Waals surface area (Å²) < 4.78 is 4.30. The van der Waals surface area contributed by atoms with Crippen LogP contribution in [-0.2, 0) is 9.53 Å². The Kier molecular flexibility index (Phi) is 4.08. The van der Waals surface area contributed by atoms with Crippen molar-refractivity contribution in [3.63, 3.8) is 0 Å². The third-order valence-electron chi connectivity index (χ3n) is 1.97. The van der Waals surface area contributed by atoms with Gasteiger partial charge < -0.3 is 14.9 Å². The summed E-state index contributed by atoms with van der Waals surface area (Å²) in [4.78, 5) is 11.0. The summed E-state index contributed by atoms with van der Waals surface area (Å²) in [6, 6.07) is 6.42. The zero-order chi connectivity index (χ0) is 11.4. The van der Waals surface area contributed by atoms with Gasteiger partial charge >= 0.3 is 5.97 Å². The monoisotopic (exact) mass is 230 g/mol. The van der Waals surface area contributed by atoms with E-state index in [9.17, 15) is 15.0 Å². The molecular formula is C10H11ClO4. The smallest absolute Gasteiger partial charge is 0.337 e. The van der Waals surface area contributed by atoms with Crippen molar-refractivity contribution in [1.29, 1.82) is 0 Å². The molecule has 2 N–H and O–H groups in total. The normalized spacial score (nSPS) is 14.4. The first kappa shape index (κ1) is 12.0. The fourth-order valence-corrected chi connectivity index (χ4v) is 1.38. The van der Waals surface area contributed by atoms with Gasteiger partial charge in [0.15, 0.2) is 6.10 Å². The van der Waals surface area contributed by atoms with Crippen molar-refractivity contribution in [3.05, 3.63) is 34.9 Å². The predicted octanol–water partition coefficient (Wildman–Crippen LogP) is 0.907. The van der Waals surface area contributed by atoms with Crippen LogP contribution < -0.4 is 0 Å². The van der Waals surface area contributed by atoms with E-state index >= 15 is 0 Å². The van der Waals surface area contributed by atoms with Gasteiger partial charge in [0.05, 0.1) is 7.11 Å². The van der Waals surface area contributed by atoms with Crippen LogP contribution in [0.15, 0.2) is 24.3 Å². The van der Waals surface area contributed by atoms with E-state index in [2.05, 4.69) is 4.74 Å². The zero-order valence-corrected chi connectivity index (χ0v) is 8.81. The summed E-state index contributed by atoms with van der Waals surface area (Å²) >= 11 is 5.79. The second-order valence-corrected chi connectivity index (χ2v) is 3.34. The Bertz CT molecular complexity index is 353. The topological polar surface area (TPSA) is 66.8 Å². The molecule has 0 bridgehead atoms. The fraction of sp³-hybridized carbons (Fsp3) is 0.300. The third-order valence-corrected chi connectivity index (χ3v) is 2.31. The van der Waals surface area contributed by atoms with Crippen molar-refractivity contribution < 1.29 is 19.7 Å². The molecule has 0 aliphatic carbocycles. The molecule has 5 heteroatoms. The maximum atomic E-state index is 11.0. The van der Waals surface area contributed by atoms with Crippen LogP contribution in [0.3, 0.4) is 0 Å². The number of esters is 1. The van der Waals surface area contributed by atoms with Gasteiger partial charge in [0.1, 0.15) is 6.10 Å². The molecule has 1 aromatic carbocycles. The highest BCUT2D eigenvalue weighted by molar-refractivity contribution is 6.31. The standard InChI is InChI=1S/C10H11ClO4/c1-15-10(14)9(13)8(12)6-4-2-3-5-7(6)11/h2-5,8-9,12-13H,1H3/t8-,9+/m1/s1. The Hall–Kier alpha value is -1.10. The molecule has 0 aromatic heterocycles. The largest absolute Gasteiger partial charge is 0.467 e. The number of rotatable bonds is 3. The number of methoxy groups -OCH3 is 1. The molecule has 0 aliphatic rings. The molecule has 0 unspecified atom stereocenters. The summed E-state index contributed by atoms with van der Waals surface area (Å²) in [5.74, 6) is -0.901. The van der Waals surface area contributed by atoms with Crippen LogP contribution in [0.5, 0.6) is 0 Å². The van der Waals surface area contributed by atoms with E-state index in [1.54, 1.807) is 18.2 Å². The number of ether oxygens (including phenoxy) is 1. The van der Waals surface area contributed by atoms with Gasteiger partial charge in [0, 0.05) is 10.6 Å². The summed E-state index contributed by atoms with van der Waals surface area (Å²) in [5, 5.41) is 19.3. The minimum absolute atomic E-state index is 0.285. The van der Waals surface area contributed by atoms with Gasteiger partial charge in [-0.15, -0.1) is 0 Å². The lowest BCUT2D eigenvalue weighted by atomic mass is 10.0. The van der Waals surface area contributed by atoms with Crippen LogP contribution in [0, 0.1) is 0 Å². The lowest BCUT2D eigenvalue weighted by Crippen LogP contribution is -2.29. The lowest BCUT2D eigenvalue weighted by Gasteiger charge is -2.16. The number of hydrogen-bond donors (Lipinski definition) is 2. The minimum Gasteiger partial charge on any atom is -0.467 e. The van der Waals surface area contributed by atoms with Crippen molar-refractivity contribution in [3.8, 4) is 0 Å². The zero-order valence-electron chi connectivity index (χ0n) is 8.05. The number of carbonyl (C=O) groups is 1. The number of hydrogen-bond acceptors (Lipinski definition) is 4. The molecule has 82 valence electrons. The Balaban J connectivity index is 2.89. The van der Waals surface area contributed by atoms with Gasteiger partial charge in [0.25, 0.3) is 0 Å². The maximum absolute atomic E-state index is 11.0. The number of aliphatic hydroxyl groups is 2. The average molecular weight is 231 g/mol. The minimum atomic E-state index is -1.63. The quantitative estimate of drug-likeness (QED) is 0.758. The van der Waals surface area contributed by atoms with Crippen molar-refractivity contribution in [1.82, 2.24) is 0 Å². The van der Waals surface area contributed by atoms with E-state index < -0.39 is 18.2 Å². The molecule has 0 radical (unpaired) electrons. The molecule has 0 amide bonds. The molecule has 0 aliphatic heterocycles. The van der Waals surface area contributed by atoms with Gasteiger partial charge in [-0.25, -0.2) is 4.79 Å². The highest BCUT2D eigenvalue weighted by Crippen LogP contribution is 2.25. The third kappa shape index (κ3) is 2.68. The van der Waals surface area contributed by atoms with E-state index in [-0.39, 0.29) is 10.6 Å². The van der Waals surface area contributed by atoms with Crippen LogP contribution in [-0.4, -0.2) is 29.4 Å². The molecule has 4 nitrogen and oxygen atoms in total. The first-order valence-corrected chi connectivity index (χ1v) is 4.64. The molecular weight excluding hydrogens is 220 g/mol. The van der Waals surface area contributed by atoms with Gasteiger partial charge in [-0.3, -0.25) is 0 Å². The van der Waals surface area contributed by atoms with Gasteiger partial charge in [-0.05, 0) is 6.07 Å². The second kappa shape index (κ2) is 5.11. The summed E-state index contributed by atoms with van der Waals surface area (Å²) in [6.45, 7) is 0. The van der Waals surface area contributed by atoms with Gasteiger partial charge in [0.2, 0.25) is 0 Å². The van der Waals surface area contributed by atoms with E-state index in [1.165, 1.54) is 6.07 Å². The summed E-state index contributed by atoms with van der Waals surface area (Å²) in [5.41, 5.74) is 0.289. The molecule has 15 heavy (non-hydrogen) atoms. The van der Waals surface area contributed by atoms with E-state index in [4.69, 9.17) is 11.6 Å². The SMILES string of the molecule is COC(=O)[C@@H](O)[C@H](O)c1ccccc1Cl. The number of carbonyl (C=O) groups excluding carboxylic acids is 1. The van der Waals surface area contributed by atoms with Crippen LogP contribution in [0.1, 0.15) is 11.7 Å². The highest BCUT2D eigenvalue weighted by Gasteiger charge is 2.27. The maximum Gasteiger partial charge on any atom is 0.337 e. The van der Waals surface area contributed by atoms with Crippen LogP contribution in [0.2, 0.25) is 5.02 Å². The number of halogens is 1. The Morgan fingerprint density at radius 3 is 2.53 bits per heavy atom. The Labute approximate surface area is 92.1 Å². The van der Waals surface area contributed by atoms with Crippen LogP contribution in [0.25, 0.3) is 0 Å². The lowest BCUT2D eigenvalue weighted by molar-refractivity contribution is -0.156. The van der Waals surface area contributed by atoms with E-state index in [1.807, 2.05) is 0 Å². The van der Waals surface area contributed by atoms with Crippen LogP contribution >= 0.6 is 11.6 Å². The van der Waals surface area contributed by atoms with E-state index in [0.717, 1.165) is 7.11 Å². The van der Waals surface area contributed by atoms with Crippen LogP contribution in [0.4, 0.5) is 0 Å². The first-order valence-electron chi connectivity index (χ1n) is 4.26. The van der Waals surface area contributed by atoms with Crippen molar-refractivity contribution in [2.75, 3.05) is 7.11 Å². The molecule has 1 rings (SSSR count). The molecule has 0 saturated heterocycles. The predicted molar refractivity (Wildman–Crippen MR) is 54.4 cm³/mol. The van der Waals surface area contributed by atoms with E-state index in [0.29, 0.717) is 0 Å². The molecule has 0 fully saturated rings. The first-order chi connectivity index (χ1) is 7.07. The Morgan fingerprint density at radius 1 is 1.40 bits per heavy atom. The molecule has 0 saturated carbocycles. The fourth-order valence-electron chi connectivity index (χ4n) is 1.13. The molecule has 0 spiro atoms. The second-order valence-electron chi connectivity index (χ2n) is 2.93. The molecule has 0 heterocycles. The van der Waals surface area contributed by atoms with Crippen molar-refractivity contribution in [2.24, 2.45) is 0 Å². The number of benzene rings is 1. The number of aliphatic hydroxyl groups excluding tert-OH is 2. The van der Waals surface area contributed by atoms with Crippen molar-refractivity contribution >= 4 is 17.6 Å². The molecule has 1 aromatic rings. The summed E-state index contributed by atoms with van der Waals surface area (Å²) in [7, 11) is 1.13. The average Bonchev–Trinajstić information content (AvgIpc) is 2.26. The highest BCUT2D eigenvalue weighted by atomic mass is 35.5. The molecule has 2 atom stereocenters. The van der Waals surface area contributed by atoms with Gasteiger partial charge in [-0.1, -0.05) is 29.8 Å².